The topological polar surface area (TPSA) is 20.2 Å². The Morgan fingerprint density at radius 1 is 0.606 bits per heavy atom. The molecule has 0 aliphatic carbocycles. The van der Waals surface area contributed by atoms with Crippen LogP contribution in [-0.2, 0) is 24.9 Å². The third-order valence-electron chi connectivity index (χ3n) is 6.39. The van der Waals surface area contributed by atoms with Crippen molar-refractivity contribution in [1.82, 2.24) is 0 Å². The molecule has 2 aromatic carbocycles. The molecule has 0 atom stereocenters. The minimum absolute atomic E-state index is 0.151. The molecule has 0 saturated carbocycles. The molecular weight excluding hydrogens is 400 g/mol. The summed E-state index contributed by atoms with van der Waals surface area (Å²) < 4.78 is 0. The minimum Gasteiger partial charge on any atom is -0.392 e. The Morgan fingerprint density at radius 2 is 1.09 bits per heavy atom. The molecule has 0 bridgehead atoms. The average Bonchev–Trinajstić information content (AvgIpc) is 2.78. The van der Waals surface area contributed by atoms with Gasteiger partial charge in [-0.05, 0) is 58.8 Å². The molecule has 0 unspecified atom stereocenters. The van der Waals surface area contributed by atoms with Gasteiger partial charge in [-0.25, -0.2) is 0 Å². The first-order chi connectivity index (χ1) is 15.6. The van der Waals surface area contributed by atoms with Crippen LogP contribution >= 0.6 is 0 Å². The van der Waals surface area contributed by atoms with E-state index in [1.54, 1.807) is 0 Å². The zero-order valence-electron chi connectivity index (χ0n) is 22.8. The smallest absolute Gasteiger partial charge is 0.0681 e. The van der Waals surface area contributed by atoms with E-state index in [0.717, 1.165) is 12.0 Å². The molecule has 0 heterocycles. The van der Waals surface area contributed by atoms with E-state index in [1.807, 2.05) is 12.1 Å². The van der Waals surface area contributed by atoms with Crippen LogP contribution in [0.3, 0.4) is 0 Å². The summed E-state index contributed by atoms with van der Waals surface area (Å²) in [6, 6.07) is 17.5. The Kier molecular flexibility index (Phi) is 13.7. The lowest BCUT2D eigenvalue weighted by Gasteiger charge is -2.33. The maximum atomic E-state index is 8.95. The van der Waals surface area contributed by atoms with Crippen molar-refractivity contribution < 1.29 is 5.11 Å². The van der Waals surface area contributed by atoms with Gasteiger partial charge in [0, 0.05) is 0 Å². The Hall–Kier alpha value is -1.60. The van der Waals surface area contributed by atoms with Crippen molar-refractivity contribution in [3.05, 3.63) is 70.8 Å². The number of aliphatic hydroxyl groups is 1. The van der Waals surface area contributed by atoms with Crippen LogP contribution in [-0.4, -0.2) is 5.11 Å². The second kappa shape index (κ2) is 15.3. The largest absolute Gasteiger partial charge is 0.392 e. The molecule has 2 aromatic rings. The molecule has 1 N–H and O–H groups in total. The lowest BCUT2D eigenvalue weighted by Crippen LogP contribution is -2.24. The van der Waals surface area contributed by atoms with Crippen LogP contribution in [0.2, 0.25) is 0 Å². The molecule has 186 valence electrons. The summed E-state index contributed by atoms with van der Waals surface area (Å²) in [6.45, 7) is 16.3. The van der Waals surface area contributed by atoms with E-state index in [0.29, 0.717) is 5.41 Å². The predicted octanol–water partition coefficient (Wildman–Crippen LogP) is 9.43. The van der Waals surface area contributed by atoms with Gasteiger partial charge >= 0.3 is 0 Å². The van der Waals surface area contributed by atoms with E-state index in [2.05, 4.69) is 84.9 Å². The molecule has 0 amide bonds. The SMILES string of the molecule is CCCCCCCCCc1ccc(CO)cc1.CCc1ccc(C(C)(C)CC(C)(C)C)cc1. The van der Waals surface area contributed by atoms with Gasteiger partial charge in [-0.3, -0.25) is 0 Å². The second-order valence-electron chi connectivity index (χ2n) is 11.5. The molecular formula is C32H52O. The first-order valence-electron chi connectivity index (χ1n) is 13.4. The third kappa shape index (κ3) is 13.0. The van der Waals surface area contributed by atoms with E-state index < -0.39 is 0 Å². The maximum Gasteiger partial charge on any atom is 0.0681 e. The van der Waals surface area contributed by atoms with Gasteiger partial charge in [0.25, 0.3) is 0 Å². The highest BCUT2D eigenvalue weighted by Crippen LogP contribution is 2.36. The van der Waals surface area contributed by atoms with E-state index in [-0.39, 0.29) is 12.0 Å². The van der Waals surface area contributed by atoms with Crippen LogP contribution in [0.25, 0.3) is 0 Å². The first-order valence-corrected chi connectivity index (χ1v) is 13.4. The van der Waals surface area contributed by atoms with Crippen LogP contribution in [0.5, 0.6) is 0 Å². The van der Waals surface area contributed by atoms with Gasteiger partial charge in [0.2, 0.25) is 0 Å². The van der Waals surface area contributed by atoms with Crippen LogP contribution in [0.4, 0.5) is 0 Å². The monoisotopic (exact) mass is 452 g/mol. The molecule has 2 rings (SSSR count). The molecule has 0 aliphatic rings. The molecule has 1 nitrogen and oxygen atoms in total. The molecule has 0 spiro atoms. The number of aryl methyl sites for hydroxylation is 2. The van der Waals surface area contributed by atoms with Crippen molar-refractivity contribution in [1.29, 1.82) is 0 Å². The number of aliphatic hydroxyl groups excluding tert-OH is 1. The number of hydrogen-bond acceptors (Lipinski definition) is 1. The summed E-state index contributed by atoms with van der Waals surface area (Å²) in [4.78, 5) is 0. The van der Waals surface area contributed by atoms with E-state index in [9.17, 15) is 0 Å². The molecule has 0 fully saturated rings. The van der Waals surface area contributed by atoms with Crippen LogP contribution in [0.15, 0.2) is 48.5 Å². The van der Waals surface area contributed by atoms with Gasteiger partial charge in [0.05, 0.1) is 6.61 Å². The number of rotatable bonds is 12. The highest BCUT2D eigenvalue weighted by atomic mass is 16.3. The van der Waals surface area contributed by atoms with E-state index in [4.69, 9.17) is 5.11 Å². The van der Waals surface area contributed by atoms with Crippen molar-refractivity contribution in [2.45, 2.75) is 125 Å². The summed E-state index contributed by atoms with van der Waals surface area (Å²) in [5.74, 6) is 0. The zero-order valence-corrected chi connectivity index (χ0v) is 22.8. The van der Waals surface area contributed by atoms with Crippen LogP contribution < -0.4 is 0 Å². The van der Waals surface area contributed by atoms with Gasteiger partial charge in [-0.2, -0.15) is 0 Å². The molecule has 0 saturated heterocycles. The van der Waals surface area contributed by atoms with Crippen LogP contribution in [0.1, 0.15) is 122 Å². The fourth-order valence-electron chi connectivity index (χ4n) is 4.72. The molecule has 0 radical (unpaired) electrons. The molecule has 33 heavy (non-hydrogen) atoms. The van der Waals surface area contributed by atoms with Crippen molar-refractivity contribution in [2.24, 2.45) is 5.41 Å². The Balaban J connectivity index is 0.000000331. The van der Waals surface area contributed by atoms with Gasteiger partial charge in [-0.15, -0.1) is 0 Å². The number of benzene rings is 2. The summed E-state index contributed by atoms with van der Waals surface area (Å²) >= 11 is 0. The predicted molar refractivity (Wildman–Crippen MR) is 147 cm³/mol. The van der Waals surface area contributed by atoms with E-state index >= 15 is 0 Å². The fourth-order valence-corrected chi connectivity index (χ4v) is 4.72. The third-order valence-corrected chi connectivity index (χ3v) is 6.39. The average molecular weight is 453 g/mol. The minimum atomic E-state index is 0.151. The molecule has 0 aromatic heterocycles. The summed E-state index contributed by atoms with van der Waals surface area (Å²) in [5.41, 5.74) is 5.94. The quantitative estimate of drug-likeness (QED) is 0.318. The van der Waals surface area contributed by atoms with Crippen molar-refractivity contribution in [3.8, 4) is 0 Å². The number of hydrogen-bond donors (Lipinski definition) is 1. The highest BCUT2D eigenvalue weighted by Gasteiger charge is 2.26. The van der Waals surface area contributed by atoms with Gasteiger partial charge in [-0.1, -0.05) is 136 Å². The van der Waals surface area contributed by atoms with Gasteiger partial charge < -0.3 is 5.11 Å². The van der Waals surface area contributed by atoms with Crippen molar-refractivity contribution >= 4 is 0 Å². The van der Waals surface area contributed by atoms with Crippen molar-refractivity contribution in [3.63, 3.8) is 0 Å². The van der Waals surface area contributed by atoms with Crippen LogP contribution in [0, 0.1) is 5.41 Å². The first kappa shape index (κ1) is 29.4. The zero-order chi connectivity index (χ0) is 24.7. The number of unbranched alkanes of at least 4 members (excludes halogenated alkanes) is 6. The maximum absolute atomic E-state index is 8.95. The second-order valence-corrected chi connectivity index (χ2v) is 11.5. The molecule has 0 aliphatic heterocycles. The Bertz CT molecular complexity index is 732. The van der Waals surface area contributed by atoms with Gasteiger partial charge in [0.1, 0.15) is 0 Å². The summed E-state index contributed by atoms with van der Waals surface area (Å²) in [5, 5.41) is 8.95. The summed E-state index contributed by atoms with van der Waals surface area (Å²) in [6.07, 6.45) is 13.1. The fraction of sp³-hybridized carbons (Fsp3) is 0.625. The highest BCUT2D eigenvalue weighted by molar-refractivity contribution is 5.28. The summed E-state index contributed by atoms with van der Waals surface area (Å²) in [7, 11) is 0. The van der Waals surface area contributed by atoms with Crippen molar-refractivity contribution in [2.75, 3.05) is 0 Å². The lowest BCUT2D eigenvalue weighted by atomic mass is 9.72. The Labute approximate surface area is 206 Å². The Morgan fingerprint density at radius 3 is 1.58 bits per heavy atom. The standard InChI is InChI=1S/C16H26O.C16H26/c1-2-3-4-5-6-7-8-9-15-10-12-16(14-17)13-11-15;1-7-13-8-10-14(11-9-13)16(5,6)12-15(2,3)4/h10-13,17H,2-9,14H2,1H3;8-11H,7,12H2,1-6H3. The van der Waals surface area contributed by atoms with Gasteiger partial charge in [0.15, 0.2) is 0 Å². The normalized spacial score (nSPS) is 11.8. The van der Waals surface area contributed by atoms with E-state index in [1.165, 1.54) is 74.5 Å². The lowest BCUT2D eigenvalue weighted by molar-refractivity contribution is 0.282. The molecule has 1 heteroatoms.